The number of hydrogen-bond donors (Lipinski definition) is 0. The third kappa shape index (κ3) is 2.57. The van der Waals surface area contributed by atoms with Crippen molar-refractivity contribution in [3.8, 4) is 0 Å². The summed E-state index contributed by atoms with van der Waals surface area (Å²) in [5.41, 5.74) is 1.60. The Labute approximate surface area is 84.5 Å². The highest BCUT2D eigenvalue weighted by atomic mass is 32.2. The maximum Gasteiger partial charge on any atom is 0.175 e. The van der Waals surface area contributed by atoms with E-state index in [-0.39, 0.29) is 5.75 Å². The summed E-state index contributed by atoms with van der Waals surface area (Å²) in [6.07, 6.45) is 1.65. The third-order valence-corrected chi connectivity index (χ3v) is 3.11. The molecule has 0 bridgehead atoms. The van der Waals surface area contributed by atoms with E-state index >= 15 is 0 Å². The molecule has 0 heterocycles. The van der Waals surface area contributed by atoms with Crippen LogP contribution in [0, 0.1) is 0 Å². The first kappa shape index (κ1) is 10.7. The summed E-state index contributed by atoms with van der Waals surface area (Å²) < 4.78 is 22.6. The molecule has 14 heavy (non-hydrogen) atoms. The maximum atomic E-state index is 11.3. The summed E-state index contributed by atoms with van der Waals surface area (Å²) in [6, 6.07) is 7.26. The first-order chi connectivity index (χ1) is 6.59. The van der Waals surface area contributed by atoms with E-state index in [2.05, 4.69) is 13.2 Å². The Kier molecular flexibility index (Phi) is 3.25. The van der Waals surface area contributed by atoms with Gasteiger partial charge in [0.05, 0.1) is 5.75 Å². The summed E-state index contributed by atoms with van der Waals surface area (Å²) in [5, 5.41) is 0.979. The van der Waals surface area contributed by atoms with Gasteiger partial charge in [0, 0.05) is 5.41 Å². The summed E-state index contributed by atoms with van der Waals surface area (Å²) >= 11 is 0. The van der Waals surface area contributed by atoms with Crippen molar-refractivity contribution in [1.82, 2.24) is 0 Å². The van der Waals surface area contributed by atoms with Gasteiger partial charge in [-0.3, -0.25) is 0 Å². The molecular weight excluding hydrogens is 196 g/mol. The molecule has 0 amide bonds. The van der Waals surface area contributed by atoms with Crippen molar-refractivity contribution in [2.75, 3.05) is 0 Å². The molecule has 0 aliphatic carbocycles. The van der Waals surface area contributed by atoms with Gasteiger partial charge >= 0.3 is 0 Å². The van der Waals surface area contributed by atoms with Gasteiger partial charge in [-0.05, 0) is 11.1 Å². The van der Waals surface area contributed by atoms with Gasteiger partial charge in [0.15, 0.2) is 9.84 Å². The van der Waals surface area contributed by atoms with Crippen LogP contribution in [0.3, 0.4) is 0 Å². The van der Waals surface area contributed by atoms with Crippen LogP contribution in [0.4, 0.5) is 0 Å². The van der Waals surface area contributed by atoms with E-state index in [1.807, 2.05) is 12.1 Å². The Bertz CT molecular complexity index is 444. The van der Waals surface area contributed by atoms with Crippen molar-refractivity contribution in [3.63, 3.8) is 0 Å². The largest absolute Gasteiger partial charge is 0.224 e. The fourth-order valence-corrected chi connectivity index (χ4v) is 1.95. The van der Waals surface area contributed by atoms with Crippen LogP contribution in [0.2, 0.25) is 0 Å². The number of hydrogen-bond acceptors (Lipinski definition) is 2. The molecule has 1 aromatic carbocycles. The number of sulfone groups is 1. The van der Waals surface area contributed by atoms with Crippen LogP contribution in [0.25, 0.3) is 6.08 Å². The molecule has 0 saturated carbocycles. The van der Waals surface area contributed by atoms with E-state index in [1.165, 1.54) is 0 Å². The second kappa shape index (κ2) is 4.24. The minimum atomic E-state index is -3.19. The summed E-state index contributed by atoms with van der Waals surface area (Å²) in [4.78, 5) is 0. The lowest BCUT2D eigenvalue weighted by Gasteiger charge is -2.03. The standard InChI is InChI=1S/C11H12O2S/c1-3-10-7-5-6-8-11(10)9-14(12,13)4-2/h3-8H,1-2,9H2. The van der Waals surface area contributed by atoms with Crippen LogP contribution in [0.15, 0.2) is 42.8 Å². The van der Waals surface area contributed by atoms with Crippen LogP contribution in [-0.4, -0.2) is 8.42 Å². The van der Waals surface area contributed by atoms with Gasteiger partial charge in [-0.15, -0.1) is 0 Å². The molecule has 0 radical (unpaired) electrons. The van der Waals surface area contributed by atoms with Crippen molar-refractivity contribution in [2.24, 2.45) is 0 Å². The molecule has 74 valence electrons. The van der Waals surface area contributed by atoms with Crippen molar-refractivity contribution in [1.29, 1.82) is 0 Å². The first-order valence-electron chi connectivity index (χ1n) is 4.14. The zero-order valence-corrected chi connectivity index (χ0v) is 8.63. The summed E-state index contributed by atoms with van der Waals surface area (Å²) in [7, 11) is -3.19. The van der Waals surface area contributed by atoms with Crippen LogP contribution in [0.5, 0.6) is 0 Å². The molecule has 2 nitrogen and oxygen atoms in total. The highest BCUT2D eigenvalue weighted by molar-refractivity contribution is 7.93. The molecule has 0 aliphatic rings. The molecule has 0 N–H and O–H groups in total. The molecule has 0 aromatic heterocycles. The van der Waals surface area contributed by atoms with Crippen LogP contribution in [-0.2, 0) is 15.6 Å². The molecule has 0 atom stereocenters. The molecular formula is C11H12O2S. The molecule has 3 heteroatoms. The smallest absolute Gasteiger partial charge is 0.175 e. The van der Waals surface area contributed by atoms with E-state index in [0.717, 1.165) is 16.5 Å². The molecule has 0 saturated heterocycles. The fourth-order valence-electron chi connectivity index (χ4n) is 1.14. The lowest BCUT2D eigenvalue weighted by molar-refractivity contribution is 0.604. The highest BCUT2D eigenvalue weighted by Gasteiger charge is 2.08. The molecule has 0 aliphatic heterocycles. The molecule has 0 fully saturated rings. The Morgan fingerprint density at radius 1 is 1.21 bits per heavy atom. The zero-order chi connectivity index (χ0) is 10.6. The number of rotatable bonds is 4. The van der Waals surface area contributed by atoms with Crippen molar-refractivity contribution in [3.05, 3.63) is 54.0 Å². The average molecular weight is 208 g/mol. The van der Waals surface area contributed by atoms with Gasteiger partial charge in [0.2, 0.25) is 0 Å². The Hall–Kier alpha value is -1.35. The number of benzene rings is 1. The van der Waals surface area contributed by atoms with E-state index in [1.54, 1.807) is 18.2 Å². The summed E-state index contributed by atoms with van der Waals surface area (Å²) in [6.45, 7) is 6.90. The van der Waals surface area contributed by atoms with Crippen molar-refractivity contribution in [2.45, 2.75) is 5.75 Å². The lowest BCUT2D eigenvalue weighted by Crippen LogP contribution is -2.00. The van der Waals surface area contributed by atoms with E-state index in [0.29, 0.717) is 0 Å². The van der Waals surface area contributed by atoms with Gasteiger partial charge in [-0.2, -0.15) is 0 Å². The first-order valence-corrected chi connectivity index (χ1v) is 5.86. The van der Waals surface area contributed by atoms with E-state index in [9.17, 15) is 8.42 Å². The monoisotopic (exact) mass is 208 g/mol. The molecule has 0 spiro atoms. The maximum absolute atomic E-state index is 11.3. The van der Waals surface area contributed by atoms with Gasteiger partial charge in [-0.1, -0.05) is 43.5 Å². The van der Waals surface area contributed by atoms with Crippen LogP contribution >= 0.6 is 0 Å². The average Bonchev–Trinajstić information content (AvgIpc) is 2.18. The van der Waals surface area contributed by atoms with Crippen molar-refractivity contribution < 1.29 is 8.42 Å². The quantitative estimate of drug-likeness (QED) is 0.761. The molecule has 1 rings (SSSR count). The normalized spacial score (nSPS) is 10.9. The zero-order valence-electron chi connectivity index (χ0n) is 7.81. The van der Waals surface area contributed by atoms with Gasteiger partial charge in [0.25, 0.3) is 0 Å². The molecule has 1 aromatic rings. The SMILES string of the molecule is C=Cc1ccccc1CS(=O)(=O)C=C. The van der Waals surface area contributed by atoms with E-state index in [4.69, 9.17) is 0 Å². The van der Waals surface area contributed by atoms with Crippen LogP contribution < -0.4 is 0 Å². The van der Waals surface area contributed by atoms with Gasteiger partial charge in [-0.25, -0.2) is 8.42 Å². The van der Waals surface area contributed by atoms with Crippen molar-refractivity contribution >= 4 is 15.9 Å². The second-order valence-electron chi connectivity index (χ2n) is 2.88. The summed E-state index contributed by atoms with van der Waals surface area (Å²) in [5.74, 6) is -0.0152. The van der Waals surface area contributed by atoms with Gasteiger partial charge in [0.1, 0.15) is 0 Å². The third-order valence-electron chi connectivity index (χ3n) is 1.89. The molecule has 0 unspecified atom stereocenters. The Morgan fingerprint density at radius 3 is 2.43 bits per heavy atom. The minimum Gasteiger partial charge on any atom is -0.224 e. The van der Waals surface area contributed by atoms with Gasteiger partial charge < -0.3 is 0 Å². The topological polar surface area (TPSA) is 34.1 Å². The highest BCUT2D eigenvalue weighted by Crippen LogP contribution is 2.14. The fraction of sp³-hybridized carbons (Fsp3) is 0.0909. The van der Waals surface area contributed by atoms with E-state index < -0.39 is 9.84 Å². The Balaban J connectivity index is 3.09. The Morgan fingerprint density at radius 2 is 1.86 bits per heavy atom. The lowest BCUT2D eigenvalue weighted by atomic mass is 10.1. The van der Waals surface area contributed by atoms with Crippen LogP contribution in [0.1, 0.15) is 11.1 Å². The minimum absolute atomic E-state index is 0.0152. The predicted molar refractivity (Wildman–Crippen MR) is 59.4 cm³/mol. The second-order valence-corrected chi connectivity index (χ2v) is 4.82. The predicted octanol–water partition coefficient (Wildman–Crippen LogP) is 2.39.